The van der Waals surface area contributed by atoms with E-state index in [2.05, 4.69) is 20.1 Å². The maximum Gasteiger partial charge on any atom is 0.387 e. The van der Waals surface area contributed by atoms with Gasteiger partial charge in [0.25, 0.3) is 0 Å². The summed E-state index contributed by atoms with van der Waals surface area (Å²) in [6.45, 7) is 3.13. The number of nitrogens with one attached hydrogen (secondary N) is 1. The molecule has 0 bridgehead atoms. The first-order valence-electron chi connectivity index (χ1n) is 8.72. The van der Waals surface area contributed by atoms with Crippen molar-refractivity contribution < 1.29 is 13.5 Å². The van der Waals surface area contributed by atoms with Gasteiger partial charge in [0, 0.05) is 51.5 Å². The summed E-state index contributed by atoms with van der Waals surface area (Å²) >= 11 is 5.48. The Morgan fingerprint density at radius 1 is 1.30 bits per heavy atom. The Balaban J connectivity index is 1.56. The van der Waals surface area contributed by atoms with Gasteiger partial charge in [0.2, 0.25) is 0 Å². The summed E-state index contributed by atoms with van der Waals surface area (Å²) in [7, 11) is 1.91. The number of hydrogen-bond donors (Lipinski definition) is 1. The van der Waals surface area contributed by atoms with Crippen LogP contribution in [0.5, 0.6) is 5.75 Å². The van der Waals surface area contributed by atoms with Gasteiger partial charge in [-0.15, -0.1) is 0 Å². The Morgan fingerprint density at radius 2 is 2.04 bits per heavy atom. The molecule has 0 unspecified atom stereocenters. The Hall–Kier alpha value is -2.26. The molecule has 146 valence electrons. The Morgan fingerprint density at radius 3 is 2.67 bits per heavy atom. The second-order valence-corrected chi connectivity index (χ2v) is 6.98. The molecular weight excluding hydrogens is 372 g/mol. The average Bonchev–Trinajstić information content (AvgIpc) is 3.02. The van der Waals surface area contributed by atoms with Gasteiger partial charge in [-0.3, -0.25) is 9.58 Å². The molecule has 1 N–H and O–H groups in total. The van der Waals surface area contributed by atoms with Crippen LogP contribution in [0.1, 0.15) is 11.1 Å². The van der Waals surface area contributed by atoms with Gasteiger partial charge in [-0.05, 0) is 36.8 Å². The Labute approximate surface area is 162 Å². The number of benzene rings is 1. The number of hydrogen-bond acceptors (Lipinski definition) is 4. The van der Waals surface area contributed by atoms with E-state index in [1.165, 1.54) is 11.6 Å². The van der Waals surface area contributed by atoms with Gasteiger partial charge in [0.1, 0.15) is 5.75 Å². The molecule has 6 nitrogen and oxygen atoms in total. The molecule has 0 saturated carbocycles. The molecular formula is C18H23F2N5OS. The fraction of sp³-hybridized carbons (Fsp3) is 0.444. The lowest BCUT2D eigenvalue weighted by Crippen LogP contribution is -2.49. The minimum Gasteiger partial charge on any atom is -0.433 e. The first-order valence-corrected chi connectivity index (χ1v) is 9.13. The summed E-state index contributed by atoms with van der Waals surface area (Å²) in [5, 5.41) is 7.77. The molecule has 1 aromatic carbocycles. The van der Waals surface area contributed by atoms with Crippen molar-refractivity contribution in [2.75, 3.05) is 31.5 Å². The van der Waals surface area contributed by atoms with E-state index in [9.17, 15) is 8.78 Å². The van der Waals surface area contributed by atoms with Gasteiger partial charge in [-0.2, -0.15) is 13.9 Å². The van der Waals surface area contributed by atoms with Crippen LogP contribution in [0.3, 0.4) is 0 Å². The highest BCUT2D eigenvalue weighted by atomic mass is 32.1. The number of rotatable bonds is 5. The van der Waals surface area contributed by atoms with Gasteiger partial charge in [-0.25, -0.2) is 0 Å². The third-order valence-electron chi connectivity index (χ3n) is 4.42. The molecule has 27 heavy (non-hydrogen) atoms. The van der Waals surface area contributed by atoms with Crippen molar-refractivity contribution in [3.8, 4) is 5.75 Å². The van der Waals surface area contributed by atoms with Crippen LogP contribution < -0.4 is 10.1 Å². The van der Waals surface area contributed by atoms with Crippen LogP contribution in [0.25, 0.3) is 0 Å². The molecule has 1 aliphatic heterocycles. The molecule has 0 spiro atoms. The summed E-state index contributed by atoms with van der Waals surface area (Å²) in [6, 6.07) is 5.00. The van der Waals surface area contributed by atoms with Crippen LogP contribution in [0, 0.1) is 6.92 Å². The molecule has 1 aromatic heterocycles. The number of halogens is 2. The third-order valence-corrected chi connectivity index (χ3v) is 4.78. The van der Waals surface area contributed by atoms with Gasteiger partial charge < -0.3 is 15.0 Å². The second-order valence-electron chi connectivity index (χ2n) is 6.59. The van der Waals surface area contributed by atoms with Crippen molar-refractivity contribution in [1.29, 1.82) is 0 Å². The number of thiocarbonyl (C=S) groups is 1. The predicted molar refractivity (Wildman–Crippen MR) is 104 cm³/mol. The molecule has 0 amide bonds. The van der Waals surface area contributed by atoms with E-state index >= 15 is 0 Å². The maximum atomic E-state index is 12.6. The average molecular weight is 395 g/mol. The van der Waals surface area contributed by atoms with Crippen molar-refractivity contribution >= 4 is 23.0 Å². The van der Waals surface area contributed by atoms with E-state index < -0.39 is 6.61 Å². The zero-order chi connectivity index (χ0) is 19.4. The number of piperazine rings is 1. The molecule has 9 heteroatoms. The summed E-state index contributed by atoms with van der Waals surface area (Å²) in [4.78, 5) is 4.39. The SMILES string of the molecule is Cc1ccc(OC(F)F)c(NC(=S)N2CCN(Cc3cnn(C)c3)CC2)c1. The molecule has 1 saturated heterocycles. The van der Waals surface area contributed by atoms with E-state index in [1.807, 2.05) is 31.3 Å². The summed E-state index contributed by atoms with van der Waals surface area (Å²) in [6.07, 6.45) is 3.89. The first-order chi connectivity index (χ1) is 12.9. The number of aromatic nitrogens is 2. The third kappa shape index (κ3) is 5.36. The number of ether oxygens (including phenoxy) is 1. The van der Waals surface area contributed by atoms with Crippen LogP contribution in [-0.2, 0) is 13.6 Å². The molecule has 0 radical (unpaired) electrons. The number of nitrogens with zero attached hydrogens (tertiary/aromatic N) is 4. The largest absolute Gasteiger partial charge is 0.433 e. The highest BCUT2D eigenvalue weighted by molar-refractivity contribution is 7.80. The van der Waals surface area contributed by atoms with E-state index in [-0.39, 0.29) is 5.75 Å². The molecule has 0 aliphatic carbocycles. The van der Waals surface area contributed by atoms with Crippen molar-refractivity contribution in [1.82, 2.24) is 19.6 Å². The Bertz CT molecular complexity index is 790. The van der Waals surface area contributed by atoms with E-state index in [1.54, 1.807) is 16.8 Å². The lowest BCUT2D eigenvalue weighted by Gasteiger charge is -2.36. The maximum absolute atomic E-state index is 12.6. The monoisotopic (exact) mass is 395 g/mol. The van der Waals surface area contributed by atoms with Crippen LogP contribution in [0.4, 0.5) is 14.5 Å². The lowest BCUT2D eigenvalue weighted by atomic mass is 10.2. The van der Waals surface area contributed by atoms with Gasteiger partial charge in [0.05, 0.1) is 11.9 Å². The van der Waals surface area contributed by atoms with Crippen LogP contribution in [-0.4, -0.2) is 57.5 Å². The number of alkyl halides is 2. The predicted octanol–water partition coefficient (Wildman–Crippen LogP) is 2.84. The van der Waals surface area contributed by atoms with Crippen LogP contribution in [0.15, 0.2) is 30.6 Å². The van der Waals surface area contributed by atoms with Crippen molar-refractivity contribution in [3.05, 3.63) is 41.7 Å². The van der Waals surface area contributed by atoms with E-state index in [0.717, 1.165) is 38.3 Å². The lowest BCUT2D eigenvalue weighted by molar-refractivity contribution is -0.0493. The summed E-state index contributed by atoms with van der Waals surface area (Å²) < 4.78 is 31.6. The molecule has 2 aromatic rings. The zero-order valence-electron chi connectivity index (χ0n) is 15.4. The normalized spacial score (nSPS) is 15.2. The van der Waals surface area contributed by atoms with Crippen molar-refractivity contribution in [3.63, 3.8) is 0 Å². The van der Waals surface area contributed by atoms with Crippen molar-refractivity contribution in [2.24, 2.45) is 7.05 Å². The Kier molecular flexibility index (Phi) is 6.22. The molecule has 1 aliphatic rings. The number of aryl methyl sites for hydroxylation is 2. The van der Waals surface area contributed by atoms with Gasteiger partial charge in [0.15, 0.2) is 5.11 Å². The fourth-order valence-electron chi connectivity index (χ4n) is 3.06. The van der Waals surface area contributed by atoms with E-state index in [0.29, 0.717) is 10.8 Å². The molecule has 0 atom stereocenters. The highest BCUT2D eigenvalue weighted by Gasteiger charge is 2.20. The summed E-state index contributed by atoms with van der Waals surface area (Å²) in [5.41, 5.74) is 2.57. The zero-order valence-corrected chi connectivity index (χ0v) is 16.2. The van der Waals surface area contributed by atoms with E-state index in [4.69, 9.17) is 12.2 Å². The molecule has 2 heterocycles. The minimum absolute atomic E-state index is 0.0909. The summed E-state index contributed by atoms with van der Waals surface area (Å²) in [5.74, 6) is 0.0909. The van der Waals surface area contributed by atoms with Crippen LogP contribution in [0.2, 0.25) is 0 Å². The van der Waals surface area contributed by atoms with Gasteiger partial charge >= 0.3 is 6.61 Å². The molecule has 3 rings (SSSR count). The first kappa shape index (κ1) is 19.5. The van der Waals surface area contributed by atoms with Crippen molar-refractivity contribution in [2.45, 2.75) is 20.1 Å². The second kappa shape index (κ2) is 8.62. The molecule has 1 fully saturated rings. The fourth-order valence-corrected chi connectivity index (χ4v) is 3.35. The van der Waals surface area contributed by atoms with Crippen LogP contribution >= 0.6 is 12.2 Å². The smallest absolute Gasteiger partial charge is 0.387 e. The topological polar surface area (TPSA) is 45.6 Å². The highest BCUT2D eigenvalue weighted by Crippen LogP contribution is 2.27. The minimum atomic E-state index is -2.88. The van der Waals surface area contributed by atoms with Gasteiger partial charge in [-0.1, -0.05) is 6.07 Å². The standard InChI is InChI=1S/C18H23F2N5OS/c1-13-3-4-16(26-17(19)20)15(9-13)22-18(27)25-7-5-24(6-8-25)12-14-10-21-23(2)11-14/h3-4,9-11,17H,5-8,12H2,1-2H3,(H,22,27). The number of anilines is 1. The quantitative estimate of drug-likeness (QED) is 0.786.